The number of hydrogen-bond donors (Lipinski definition) is 0. The van der Waals surface area contributed by atoms with Crippen molar-refractivity contribution in [3.8, 4) is 0 Å². The summed E-state index contributed by atoms with van der Waals surface area (Å²) in [4.78, 5) is 28.4. The summed E-state index contributed by atoms with van der Waals surface area (Å²) in [5.41, 5.74) is 0. The van der Waals surface area contributed by atoms with E-state index in [0.29, 0.717) is 24.9 Å². The van der Waals surface area contributed by atoms with Gasteiger partial charge in [-0.1, -0.05) is 6.08 Å². The molecule has 3 heterocycles. The van der Waals surface area contributed by atoms with E-state index in [2.05, 4.69) is 6.58 Å². The van der Waals surface area contributed by atoms with Crippen molar-refractivity contribution in [3.05, 3.63) is 12.7 Å². The first-order valence-corrected chi connectivity index (χ1v) is 7.40. The Morgan fingerprint density at radius 2 is 2.16 bits per heavy atom. The molecular weight excluding hydrogens is 240 g/mol. The molecule has 4 heteroatoms. The molecule has 0 aromatic carbocycles. The van der Waals surface area contributed by atoms with Gasteiger partial charge >= 0.3 is 0 Å². The Morgan fingerprint density at radius 3 is 2.95 bits per heavy atom. The highest BCUT2D eigenvalue weighted by Gasteiger charge is 2.47. The molecule has 3 atom stereocenters. The number of hydrogen-bond acceptors (Lipinski definition) is 2. The van der Waals surface area contributed by atoms with Crippen molar-refractivity contribution in [2.45, 2.75) is 38.1 Å². The molecule has 19 heavy (non-hydrogen) atoms. The highest BCUT2D eigenvalue weighted by Crippen LogP contribution is 2.38. The fourth-order valence-corrected chi connectivity index (χ4v) is 3.96. The molecule has 3 aliphatic heterocycles. The molecular formula is C15H22N2O2. The number of likely N-dealkylation sites (tertiary alicyclic amines) is 1. The second-order valence-electron chi connectivity index (χ2n) is 6.06. The molecule has 2 amide bonds. The molecule has 3 aliphatic rings. The van der Waals surface area contributed by atoms with Gasteiger partial charge < -0.3 is 9.80 Å². The van der Waals surface area contributed by atoms with E-state index in [4.69, 9.17) is 0 Å². The highest BCUT2D eigenvalue weighted by molar-refractivity contribution is 5.83. The monoisotopic (exact) mass is 262 g/mol. The van der Waals surface area contributed by atoms with Crippen molar-refractivity contribution in [1.29, 1.82) is 0 Å². The zero-order valence-corrected chi connectivity index (χ0v) is 11.4. The van der Waals surface area contributed by atoms with Gasteiger partial charge in [0, 0.05) is 32.1 Å². The van der Waals surface area contributed by atoms with Crippen LogP contribution in [0.3, 0.4) is 0 Å². The van der Waals surface area contributed by atoms with Crippen LogP contribution in [-0.4, -0.2) is 47.3 Å². The van der Waals surface area contributed by atoms with E-state index >= 15 is 0 Å². The van der Waals surface area contributed by atoms with Crippen LogP contribution in [0.1, 0.15) is 32.1 Å². The first-order valence-electron chi connectivity index (χ1n) is 7.40. The summed E-state index contributed by atoms with van der Waals surface area (Å²) in [5.74, 6) is 1.04. The van der Waals surface area contributed by atoms with E-state index in [-0.39, 0.29) is 17.7 Å². The van der Waals surface area contributed by atoms with E-state index in [0.717, 1.165) is 38.8 Å². The van der Waals surface area contributed by atoms with Gasteiger partial charge in [-0.3, -0.25) is 9.59 Å². The molecule has 0 aromatic heterocycles. The smallest absolute Gasteiger partial charge is 0.227 e. The van der Waals surface area contributed by atoms with Crippen LogP contribution in [-0.2, 0) is 9.59 Å². The van der Waals surface area contributed by atoms with Gasteiger partial charge in [0.1, 0.15) is 0 Å². The van der Waals surface area contributed by atoms with Gasteiger partial charge in [0.25, 0.3) is 0 Å². The second kappa shape index (κ2) is 4.99. The molecule has 0 spiro atoms. The number of fused-ring (bicyclic) bond motifs is 4. The zero-order valence-electron chi connectivity index (χ0n) is 11.4. The molecule has 3 rings (SSSR count). The van der Waals surface area contributed by atoms with Crippen LogP contribution in [0.5, 0.6) is 0 Å². The first-order chi connectivity index (χ1) is 9.20. The maximum absolute atomic E-state index is 12.4. The third-order valence-corrected chi connectivity index (χ3v) is 4.88. The Balaban J connectivity index is 1.76. The summed E-state index contributed by atoms with van der Waals surface area (Å²) in [6.45, 7) is 6.00. The molecule has 3 fully saturated rings. The zero-order chi connectivity index (χ0) is 13.4. The lowest BCUT2D eigenvalue weighted by molar-refractivity contribution is -0.156. The Bertz CT molecular complexity index is 407. The Kier molecular flexibility index (Phi) is 3.33. The second-order valence-corrected chi connectivity index (χ2v) is 6.06. The summed E-state index contributed by atoms with van der Waals surface area (Å²) in [6.07, 6.45) is 6.52. The third kappa shape index (κ3) is 2.17. The minimum atomic E-state index is 0.0434. The summed E-state index contributed by atoms with van der Waals surface area (Å²) in [7, 11) is 0. The lowest BCUT2D eigenvalue weighted by atomic mass is 9.75. The largest absolute Gasteiger partial charge is 0.342 e. The number of carbonyl (C=O) groups is 2. The van der Waals surface area contributed by atoms with E-state index in [1.165, 1.54) is 0 Å². The van der Waals surface area contributed by atoms with Crippen LogP contribution in [0.25, 0.3) is 0 Å². The van der Waals surface area contributed by atoms with Crippen LogP contribution < -0.4 is 0 Å². The quantitative estimate of drug-likeness (QED) is 0.722. The van der Waals surface area contributed by atoms with Gasteiger partial charge in [0.05, 0.1) is 5.92 Å². The average Bonchev–Trinajstić information content (AvgIpc) is 2.42. The molecule has 2 bridgehead atoms. The Hall–Kier alpha value is -1.32. The van der Waals surface area contributed by atoms with Crippen molar-refractivity contribution in [2.75, 3.05) is 19.6 Å². The van der Waals surface area contributed by atoms with Gasteiger partial charge in [-0.2, -0.15) is 0 Å². The Labute approximate surface area is 114 Å². The summed E-state index contributed by atoms with van der Waals surface area (Å²) in [6, 6.07) is 0.386. The number of piperidine rings is 3. The van der Waals surface area contributed by atoms with Crippen molar-refractivity contribution >= 4 is 11.8 Å². The highest BCUT2D eigenvalue weighted by atomic mass is 16.2. The van der Waals surface area contributed by atoms with E-state index < -0.39 is 0 Å². The minimum Gasteiger partial charge on any atom is -0.342 e. The maximum atomic E-state index is 12.4. The van der Waals surface area contributed by atoms with Gasteiger partial charge in [0.2, 0.25) is 11.8 Å². The van der Waals surface area contributed by atoms with Gasteiger partial charge in [-0.05, 0) is 31.6 Å². The number of nitrogens with zero attached hydrogens (tertiary/aromatic N) is 2. The lowest BCUT2D eigenvalue weighted by Gasteiger charge is -2.51. The van der Waals surface area contributed by atoms with Crippen LogP contribution in [0.15, 0.2) is 12.7 Å². The predicted molar refractivity (Wildman–Crippen MR) is 72.3 cm³/mol. The van der Waals surface area contributed by atoms with Crippen LogP contribution in [0, 0.1) is 11.8 Å². The first kappa shape index (κ1) is 12.7. The molecule has 104 valence electrons. The van der Waals surface area contributed by atoms with E-state index in [9.17, 15) is 9.59 Å². The van der Waals surface area contributed by atoms with Gasteiger partial charge in [-0.15, -0.1) is 6.58 Å². The fourth-order valence-electron chi connectivity index (χ4n) is 3.96. The predicted octanol–water partition coefficient (Wildman–Crippen LogP) is 1.42. The van der Waals surface area contributed by atoms with Crippen LogP contribution in [0.2, 0.25) is 0 Å². The topological polar surface area (TPSA) is 40.6 Å². The normalized spacial score (nSPS) is 34.2. The summed E-state index contributed by atoms with van der Waals surface area (Å²) in [5, 5.41) is 0. The molecule has 0 saturated carbocycles. The van der Waals surface area contributed by atoms with Crippen molar-refractivity contribution in [2.24, 2.45) is 11.8 Å². The van der Waals surface area contributed by atoms with Crippen LogP contribution >= 0.6 is 0 Å². The minimum absolute atomic E-state index is 0.0434. The molecule has 3 unspecified atom stereocenters. The SMILES string of the molecule is C=CCCN1CC2CC(CN3C(=O)CCCC23)C1=O. The summed E-state index contributed by atoms with van der Waals surface area (Å²) < 4.78 is 0. The van der Waals surface area contributed by atoms with Gasteiger partial charge in [0.15, 0.2) is 0 Å². The third-order valence-electron chi connectivity index (χ3n) is 4.88. The number of rotatable bonds is 3. The molecule has 0 N–H and O–H groups in total. The molecule has 0 aromatic rings. The number of carbonyl (C=O) groups excluding carboxylic acids is 2. The summed E-state index contributed by atoms with van der Waals surface area (Å²) >= 11 is 0. The standard InChI is InChI=1S/C15H22N2O2/c1-2-3-7-16-9-11-8-12(15(16)19)10-17-13(11)5-4-6-14(17)18/h2,11-13H,1,3-10H2. The molecule has 3 saturated heterocycles. The Morgan fingerprint density at radius 1 is 1.32 bits per heavy atom. The average molecular weight is 262 g/mol. The maximum Gasteiger partial charge on any atom is 0.227 e. The molecule has 4 nitrogen and oxygen atoms in total. The molecule has 0 aliphatic carbocycles. The van der Waals surface area contributed by atoms with E-state index in [1.54, 1.807) is 0 Å². The van der Waals surface area contributed by atoms with E-state index in [1.807, 2.05) is 15.9 Å². The van der Waals surface area contributed by atoms with Crippen molar-refractivity contribution in [3.63, 3.8) is 0 Å². The lowest BCUT2D eigenvalue weighted by Crippen LogP contribution is -2.62. The molecule has 0 radical (unpaired) electrons. The van der Waals surface area contributed by atoms with Crippen LogP contribution in [0.4, 0.5) is 0 Å². The van der Waals surface area contributed by atoms with Crippen molar-refractivity contribution in [1.82, 2.24) is 9.80 Å². The number of amides is 2. The van der Waals surface area contributed by atoms with Gasteiger partial charge in [-0.25, -0.2) is 0 Å². The van der Waals surface area contributed by atoms with Crippen molar-refractivity contribution < 1.29 is 9.59 Å². The fraction of sp³-hybridized carbons (Fsp3) is 0.733.